The van der Waals surface area contributed by atoms with E-state index in [1.54, 1.807) is 91.7 Å². The Bertz CT molecular complexity index is 4320. The fourth-order valence-electron chi connectivity index (χ4n) is 22.4. The number of aromatic nitrogens is 8. The summed E-state index contributed by atoms with van der Waals surface area (Å²) in [7, 11) is 9.33. The van der Waals surface area contributed by atoms with Crippen LogP contribution in [0.25, 0.3) is 0 Å². The molecule has 2 aromatic rings. The lowest BCUT2D eigenvalue weighted by Crippen LogP contribution is -2.60. The Hall–Kier alpha value is -8.12. The number of Topliss-reactive ketones (excluding diaryl/α,β-unsaturated/α-hetero) is 8. The Morgan fingerprint density at radius 3 is 1.14 bits per heavy atom. The molecule has 768 valence electrons. The topological polar surface area (TPSA) is 419 Å². The Morgan fingerprint density at radius 1 is 0.428 bits per heavy atom. The summed E-state index contributed by atoms with van der Waals surface area (Å²) in [6.07, 6.45) is 31.3. The standard InChI is InChI=1S/2C53H81N5O11/c2*1-32-16-12-11-13-17-33(2)46(66-8)30-41-21-19-38(7)53(65,69-41)51(63)52(64)57-23-15-14-18-42(57)45(60)29-40(34(3)26-39-20-22-43(47(27-39)67-9)58-55-31-54-56-58)28-44(59)35(4)25-37(6)49(62)50(68-10)48(61)36(5)24-32/h2*11-13,16-17,25,31-32,34-36,38-43,46-47,49-50,62,65H,14-15,18-24,26-30H2,1-10H3/b2*13-11?,16-12+,33-17?,37-25+/t2*32-,34-,35-,36-,38-,39+,40-,41+,42+,43+,46+,47-,49-,50+,53-/m11/s1. The van der Waals surface area contributed by atoms with Crippen molar-refractivity contribution in [3.8, 4) is 0 Å². The van der Waals surface area contributed by atoms with Gasteiger partial charge in [0, 0.05) is 130 Å². The second-order valence-corrected chi connectivity index (χ2v) is 41.6. The molecule has 10 rings (SSSR count). The summed E-state index contributed by atoms with van der Waals surface area (Å²) in [5, 5.41) is 71.6. The summed E-state index contributed by atoms with van der Waals surface area (Å²) < 4.78 is 47.2. The van der Waals surface area contributed by atoms with Crippen LogP contribution in [0.4, 0.5) is 0 Å². The van der Waals surface area contributed by atoms with E-state index >= 15 is 0 Å². The number of nitrogens with zero attached hydrogens (tertiary/aromatic N) is 10. The quantitative estimate of drug-likeness (QED) is 0.101. The minimum atomic E-state index is -2.39. The molecular weight excluding hydrogens is 1770 g/mol. The molecule has 2 amide bonds. The van der Waals surface area contributed by atoms with Gasteiger partial charge in [0.1, 0.15) is 36.0 Å². The van der Waals surface area contributed by atoms with Crippen LogP contribution in [0.2, 0.25) is 0 Å². The van der Waals surface area contributed by atoms with Gasteiger partial charge in [0.05, 0.1) is 60.8 Å². The molecule has 138 heavy (non-hydrogen) atoms. The van der Waals surface area contributed by atoms with E-state index in [0.29, 0.717) is 114 Å². The van der Waals surface area contributed by atoms with Crippen molar-refractivity contribution in [2.24, 2.45) is 82.9 Å². The largest absolute Gasteiger partial charge is 0.386 e. The van der Waals surface area contributed by atoms with Gasteiger partial charge in [0.25, 0.3) is 23.4 Å². The summed E-state index contributed by atoms with van der Waals surface area (Å²) in [6.45, 7) is 26.3. The molecule has 4 saturated heterocycles. The van der Waals surface area contributed by atoms with E-state index in [-0.39, 0.29) is 133 Å². The number of hydrogen-bond donors (Lipinski definition) is 4. The number of aliphatic hydroxyl groups is 4. The van der Waals surface area contributed by atoms with Crippen molar-refractivity contribution in [2.75, 3.05) is 55.7 Å². The first-order valence-corrected chi connectivity index (χ1v) is 50.7. The highest BCUT2D eigenvalue weighted by atomic mass is 16.6. The minimum absolute atomic E-state index is 0.00896. The van der Waals surface area contributed by atoms with Crippen LogP contribution in [0, 0.1) is 82.9 Å². The third kappa shape index (κ3) is 30.0. The Morgan fingerprint density at radius 2 is 0.797 bits per heavy atom. The molecule has 30 atom stereocenters. The second-order valence-electron chi connectivity index (χ2n) is 41.6. The minimum Gasteiger partial charge on any atom is -0.386 e. The summed E-state index contributed by atoms with van der Waals surface area (Å²) >= 11 is 0. The predicted octanol–water partition coefficient (Wildman–Crippen LogP) is 13.4. The number of rotatable bonds is 14. The first kappa shape index (κ1) is 113. The zero-order valence-electron chi connectivity index (χ0n) is 85.7. The summed E-state index contributed by atoms with van der Waals surface area (Å²) in [5.41, 5.74) is 2.65. The highest BCUT2D eigenvalue weighted by Crippen LogP contribution is 2.45. The van der Waals surface area contributed by atoms with Crippen molar-refractivity contribution >= 4 is 58.1 Å². The fraction of sp³-hybridized carbons (Fsp3) is 0.736. The van der Waals surface area contributed by atoms with Crippen LogP contribution in [0.15, 0.2) is 108 Å². The molecule has 2 saturated carbocycles. The number of amides is 2. The molecule has 0 spiro atoms. The molecule has 8 heterocycles. The molecule has 8 aliphatic rings. The SMILES string of the molecule is CO[C@H]1C[C@@H]2CC[C@@H](C)[C@@](O)(O2)C(=O)C(=O)N2CCCC[C@H]2C(=O)C[C@H]([C@H](C)C[C@@H]2CC[C@H](n3ncnn3)[C@H](OC)C2)CC(=O)[C@H](C)/C=C(\C)[C@@H](O)[C@@H](OC)C(=O)[C@H](C)C[C@H](C)/C=C/C=CC=C1C.CO[C@H]1C[C@@H]2CC[C@@H](C)[C@@](O)(O2)C(=O)C(=O)N2CCCC[C@H]2C(=O)C[C@H]([C@H](C)C[C@@H]2CC[C@H](n3ncnn3)[C@H](OC)C2)CC(=O)[C@H](C)/C=C(\C)[C@@H](O)[C@@H](OC)C(=O)[C@H](C)C[C@H](C)/C=C/C=CC=C1C. The van der Waals surface area contributed by atoms with E-state index in [1.165, 1.54) is 36.7 Å². The number of ether oxygens (including phenoxy) is 8. The number of piperidine rings is 2. The normalized spacial score (nSPS) is 37.7. The van der Waals surface area contributed by atoms with Crippen LogP contribution >= 0.6 is 0 Å². The highest BCUT2D eigenvalue weighted by Gasteiger charge is 2.56. The van der Waals surface area contributed by atoms with Gasteiger partial charge >= 0.3 is 0 Å². The lowest BCUT2D eigenvalue weighted by atomic mass is 9.73. The first-order chi connectivity index (χ1) is 65.6. The molecule has 0 aromatic carbocycles. The van der Waals surface area contributed by atoms with Crippen LogP contribution in [-0.2, 0) is 85.8 Å². The van der Waals surface area contributed by atoms with Crippen molar-refractivity contribution < 1.29 is 106 Å². The predicted molar refractivity (Wildman–Crippen MR) is 518 cm³/mol. The number of tetrazole rings is 2. The third-order valence-corrected chi connectivity index (χ3v) is 31.3. The molecule has 2 aliphatic carbocycles. The lowest BCUT2D eigenvalue weighted by molar-refractivity contribution is -0.265. The van der Waals surface area contributed by atoms with Crippen molar-refractivity contribution in [3.63, 3.8) is 0 Å². The maximum absolute atomic E-state index is 14.7. The van der Waals surface area contributed by atoms with E-state index in [0.717, 1.165) is 49.7 Å². The summed E-state index contributed by atoms with van der Waals surface area (Å²) in [5.74, 6) is -14.2. The Labute approximate surface area is 817 Å². The zero-order valence-corrected chi connectivity index (χ0v) is 85.7. The van der Waals surface area contributed by atoms with E-state index in [2.05, 4.69) is 44.7 Å². The fourth-order valence-corrected chi connectivity index (χ4v) is 22.4. The van der Waals surface area contributed by atoms with E-state index in [9.17, 15) is 68.4 Å². The monoisotopic (exact) mass is 1930 g/mol. The number of methoxy groups -OCH3 is 6. The molecule has 6 aliphatic heterocycles. The lowest BCUT2D eigenvalue weighted by Gasteiger charge is -2.43. The summed E-state index contributed by atoms with van der Waals surface area (Å²) in [6, 6.07) is -1.98. The van der Waals surface area contributed by atoms with Crippen LogP contribution < -0.4 is 0 Å². The number of allylic oxidation sites excluding steroid dienone is 12. The molecule has 4 N–H and O–H groups in total. The molecule has 0 radical (unpaired) electrons. The number of fused-ring (bicyclic) bond motifs is 6. The van der Waals surface area contributed by atoms with Crippen molar-refractivity contribution in [1.29, 1.82) is 0 Å². The molecule has 6 fully saturated rings. The van der Waals surface area contributed by atoms with Gasteiger partial charge in [-0.1, -0.05) is 142 Å². The van der Waals surface area contributed by atoms with Gasteiger partial charge in [-0.05, 0) is 236 Å². The van der Waals surface area contributed by atoms with Crippen molar-refractivity contribution in [3.05, 3.63) is 108 Å². The van der Waals surface area contributed by atoms with Gasteiger partial charge < -0.3 is 68.1 Å². The number of aliphatic hydroxyl groups excluding tert-OH is 2. The number of carbonyl (C=O) groups excluding carboxylic acids is 10. The van der Waals surface area contributed by atoms with Gasteiger partial charge in [0.15, 0.2) is 35.8 Å². The molecule has 32 heteroatoms. The average molecular weight is 1930 g/mol. The molecule has 2 aromatic heterocycles. The smallest absolute Gasteiger partial charge is 0.296 e. The Kier molecular flexibility index (Phi) is 44.3. The maximum Gasteiger partial charge on any atom is 0.296 e. The van der Waals surface area contributed by atoms with Crippen molar-refractivity contribution in [1.82, 2.24) is 50.2 Å². The highest BCUT2D eigenvalue weighted by molar-refractivity contribution is 6.39. The number of hydrogen-bond acceptors (Lipinski definition) is 28. The van der Waals surface area contributed by atoms with E-state index in [4.69, 9.17) is 37.9 Å². The van der Waals surface area contributed by atoms with Crippen LogP contribution in [0.1, 0.15) is 276 Å². The van der Waals surface area contributed by atoms with Gasteiger partial charge in [-0.2, -0.15) is 9.59 Å². The van der Waals surface area contributed by atoms with Crippen LogP contribution in [-0.4, -0.2) is 269 Å². The second kappa shape index (κ2) is 53.8. The molecule has 4 bridgehead atoms. The Balaban J connectivity index is 0.000000309. The summed E-state index contributed by atoms with van der Waals surface area (Å²) in [4.78, 5) is 149. The first-order valence-electron chi connectivity index (χ1n) is 50.7. The molecular formula is C106H162N10O22. The average Bonchev–Trinajstić information content (AvgIpc) is 1.04. The zero-order chi connectivity index (χ0) is 101. The van der Waals surface area contributed by atoms with Crippen molar-refractivity contribution in [2.45, 2.75) is 361 Å². The molecule has 32 nitrogen and oxygen atoms in total. The van der Waals surface area contributed by atoms with Gasteiger partial charge in [-0.25, -0.2) is 0 Å². The van der Waals surface area contributed by atoms with Gasteiger partial charge in [-0.3, -0.25) is 47.9 Å². The number of ketones is 8. The number of carbonyl (C=O) groups is 10. The van der Waals surface area contributed by atoms with E-state index < -0.39 is 143 Å². The van der Waals surface area contributed by atoms with Crippen LogP contribution in [0.5, 0.6) is 0 Å². The third-order valence-electron chi connectivity index (χ3n) is 31.3. The van der Waals surface area contributed by atoms with Gasteiger partial charge in [-0.15, -0.1) is 20.4 Å². The van der Waals surface area contributed by atoms with Gasteiger partial charge in [0.2, 0.25) is 11.6 Å². The maximum atomic E-state index is 14.7. The molecule has 0 unspecified atom stereocenters. The van der Waals surface area contributed by atoms with E-state index in [1.807, 2.05) is 102 Å². The van der Waals surface area contributed by atoms with Crippen LogP contribution in [0.3, 0.4) is 0 Å².